The third-order valence-electron chi connectivity index (χ3n) is 6.90. The maximum atomic E-state index is 12.4. The molecule has 1 aliphatic rings. The van der Waals surface area contributed by atoms with E-state index in [4.69, 9.17) is 18.9 Å². The number of amides is 2. The van der Waals surface area contributed by atoms with Crippen LogP contribution in [-0.4, -0.2) is 61.5 Å². The molecule has 0 unspecified atom stereocenters. The molecule has 0 saturated carbocycles. The Labute approximate surface area is 250 Å². The van der Waals surface area contributed by atoms with Crippen molar-refractivity contribution in [3.05, 3.63) is 82.3 Å². The first-order chi connectivity index (χ1) is 20.7. The van der Waals surface area contributed by atoms with Gasteiger partial charge in [-0.25, -0.2) is 9.59 Å². The van der Waals surface area contributed by atoms with Crippen molar-refractivity contribution in [2.24, 2.45) is 5.10 Å². The van der Waals surface area contributed by atoms with Crippen LogP contribution in [0.25, 0.3) is 5.69 Å². The van der Waals surface area contributed by atoms with Gasteiger partial charge in [0.05, 0.1) is 38.7 Å². The van der Waals surface area contributed by atoms with Crippen LogP contribution in [0.3, 0.4) is 0 Å². The number of nitrogens with zero attached hydrogens (tertiary/aromatic N) is 2. The summed E-state index contributed by atoms with van der Waals surface area (Å²) in [6.45, 7) is 7.68. The fourth-order valence-electron chi connectivity index (χ4n) is 4.86. The van der Waals surface area contributed by atoms with E-state index in [1.54, 1.807) is 38.4 Å². The van der Waals surface area contributed by atoms with E-state index in [0.717, 1.165) is 28.4 Å². The van der Waals surface area contributed by atoms with E-state index in [1.165, 1.54) is 7.11 Å². The first-order valence-corrected chi connectivity index (χ1v) is 13.7. The van der Waals surface area contributed by atoms with E-state index >= 15 is 0 Å². The second-order valence-electron chi connectivity index (χ2n) is 9.77. The number of aliphatic hydroxyl groups is 1. The molecule has 0 fully saturated rings. The summed E-state index contributed by atoms with van der Waals surface area (Å²) in [5, 5.41) is 20.0. The van der Waals surface area contributed by atoms with Crippen molar-refractivity contribution in [2.75, 3.05) is 27.4 Å². The minimum absolute atomic E-state index is 0.127. The Balaban J connectivity index is 1.42. The van der Waals surface area contributed by atoms with Crippen molar-refractivity contribution in [1.29, 1.82) is 0 Å². The normalized spacial score (nSPS) is 15.5. The Hall–Kier alpha value is -4.97. The number of aromatic nitrogens is 1. The number of urea groups is 1. The molecular formula is C31H37N5O7. The molecule has 1 aromatic heterocycles. The van der Waals surface area contributed by atoms with Gasteiger partial charge in [-0.1, -0.05) is 6.07 Å². The number of methoxy groups -OCH3 is 2. The third kappa shape index (κ3) is 7.09. The maximum Gasteiger partial charge on any atom is 0.337 e. The molecule has 2 amide bonds. The van der Waals surface area contributed by atoms with Gasteiger partial charge in [-0.2, -0.15) is 5.10 Å². The molecule has 0 aliphatic carbocycles. The molecule has 4 N–H and O–H groups in total. The molecule has 2 atom stereocenters. The molecule has 12 nitrogen and oxygen atoms in total. The second kappa shape index (κ2) is 13.8. The zero-order valence-electron chi connectivity index (χ0n) is 25.1. The van der Waals surface area contributed by atoms with Gasteiger partial charge < -0.3 is 39.3 Å². The first kappa shape index (κ1) is 31.0. The van der Waals surface area contributed by atoms with Crippen molar-refractivity contribution in [3.8, 4) is 22.9 Å². The lowest BCUT2D eigenvalue weighted by Gasteiger charge is -2.28. The first-order valence-electron chi connectivity index (χ1n) is 13.7. The highest BCUT2D eigenvalue weighted by molar-refractivity contribution is 5.95. The number of benzene rings is 2. The Morgan fingerprint density at radius 1 is 1.09 bits per heavy atom. The lowest BCUT2D eigenvalue weighted by molar-refractivity contribution is -0.136. The predicted octanol–water partition coefficient (Wildman–Crippen LogP) is 3.62. The Kier molecular flexibility index (Phi) is 9.94. The average Bonchev–Trinajstić information content (AvgIpc) is 3.28. The highest BCUT2D eigenvalue weighted by Gasteiger charge is 2.32. The van der Waals surface area contributed by atoms with Gasteiger partial charge in [-0.05, 0) is 75.7 Å². The van der Waals surface area contributed by atoms with Crippen LogP contribution in [0.4, 0.5) is 4.79 Å². The fraction of sp³-hybridized carbons (Fsp3) is 0.323. The van der Waals surface area contributed by atoms with E-state index in [2.05, 4.69) is 25.7 Å². The van der Waals surface area contributed by atoms with Crippen LogP contribution < -0.4 is 30.3 Å². The maximum absolute atomic E-state index is 12.4. The zero-order chi connectivity index (χ0) is 31.1. The molecule has 0 radical (unpaired) electrons. The molecule has 0 spiro atoms. The summed E-state index contributed by atoms with van der Waals surface area (Å²) in [5.41, 5.74) is 7.88. The Bertz CT molecular complexity index is 1530. The van der Waals surface area contributed by atoms with Crippen molar-refractivity contribution < 1.29 is 33.6 Å². The highest BCUT2D eigenvalue weighted by Crippen LogP contribution is 2.35. The van der Waals surface area contributed by atoms with E-state index in [9.17, 15) is 14.7 Å². The molecule has 43 heavy (non-hydrogen) atoms. The smallest absolute Gasteiger partial charge is 0.337 e. The van der Waals surface area contributed by atoms with Crippen molar-refractivity contribution in [1.82, 2.24) is 20.6 Å². The van der Waals surface area contributed by atoms with Crippen molar-refractivity contribution in [2.45, 2.75) is 40.0 Å². The number of rotatable bonds is 12. The van der Waals surface area contributed by atoms with Gasteiger partial charge in [0.15, 0.2) is 17.7 Å². The molecule has 1 aliphatic heterocycles. The minimum Gasteiger partial charge on any atom is -0.497 e. The summed E-state index contributed by atoms with van der Waals surface area (Å²) in [6, 6.07) is 13.7. The SMILES string of the molecule is CCOc1cc([C@@H]2NC(=O)NC(C)=C2C(=O)OC)ccc1OC[C@@H](O)N/N=C\c1cc(C)n(-c2ccc(OC)cc2)c1C. The summed E-state index contributed by atoms with van der Waals surface area (Å²) in [6.07, 6.45) is 0.531. The number of allylic oxidation sites excluding steroid dienone is 1. The summed E-state index contributed by atoms with van der Waals surface area (Å²) in [5.74, 6) is 0.981. The molecule has 2 heterocycles. The van der Waals surface area contributed by atoms with Crippen LogP contribution in [0, 0.1) is 13.8 Å². The van der Waals surface area contributed by atoms with Gasteiger partial charge in [0.1, 0.15) is 12.4 Å². The van der Waals surface area contributed by atoms with Gasteiger partial charge in [0.2, 0.25) is 0 Å². The average molecular weight is 592 g/mol. The minimum atomic E-state index is -1.12. The van der Waals surface area contributed by atoms with Gasteiger partial charge in [0, 0.05) is 28.3 Å². The van der Waals surface area contributed by atoms with Crippen LogP contribution in [0.5, 0.6) is 17.2 Å². The van der Waals surface area contributed by atoms with Crippen LogP contribution in [0.2, 0.25) is 0 Å². The van der Waals surface area contributed by atoms with Crippen LogP contribution in [0.15, 0.2) is 64.9 Å². The number of carbonyl (C=O) groups excluding carboxylic acids is 2. The van der Waals surface area contributed by atoms with Gasteiger partial charge in [-0.3, -0.25) is 5.43 Å². The largest absolute Gasteiger partial charge is 0.497 e. The monoisotopic (exact) mass is 591 g/mol. The molecule has 0 saturated heterocycles. The number of hydrogen-bond acceptors (Lipinski definition) is 9. The predicted molar refractivity (Wildman–Crippen MR) is 161 cm³/mol. The molecule has 228 valence electrons. The van der Waals surface area contributed by atoms with Crippen LogP contribution in [-0.2, 0) is 9.53 Å². The van der Waals surface area contributed by atoms with Crippen molar-refractivity contribution >= 4 is 18.2 Å². The molecule has 0 bridgehead atoms. The van der Waals surface area contributed by atoms with E-state index in [-0.39, 0.29) is 12.2 Å². The molecule has 2 aromatic carbocycles. The zero-order valence-corrected chi connectivity index (χ0v) is 25.1. The van der Waals surface area contributed by atoms with E-state index in [0.29, 0.717) is 29.4 Å². The number of carbonyl (C=O) groups is 2. The topological polar surface area (TPSA) is 145 Å². The Morgan fingerprint density at radius 2 is 1.84 bits per heavy atom. The number of esters is 1. The van der Waals surface area contributed by atoms with E-state index in [1.807, 2.05) is 51.1 Å². The van der Waals surface area contributed by atoms with Crippen LogP contribution in [0.1, 0.15) is 42.4 Å². The second-order valence-corrected chi connectivity index (χ2v) is 9.77. The van der Waals surface area contributed by atoms with E-state index < -0.39 is 24.3 Å². The summed E-state index contributed by atoms with van der Waals surface area (Å²) < 4.78 is 23.9. The lowest BCUT2D eigenvalue weighted by atomic mass is 9.95. The number of hydrazone groups is 1. The molecule has 12 heteroatoms. The molecule has 3 aromatic rings. The molecular weight excluding hydrogens is 554 g/mol. The highest BCUT2D eigenvalue weighted by atomic mass is 16.5. The summed E-state index contributed by atoms with van der Waals surface area (Å²) in [4.78, 5) is 24.6. The number of ether oxygens (including phenoxy) is 4. The standard InChI is InChI=1S/C31H37N5O7/c1-7-42-26-15-21(29-28(30(38)41-6)19(3)33-31(39)34-29)8-13-25(26)43-17-27(37)35-32-16-22-14-18(2)36(20(22)4)23-9-11-24(40-5)12-10-23/h8-16,27,29,35,37H,7,17H2,1-6H3,(H2,33,34,39)/b32-16-/t27-,29+/m1/s1. The Morgan fingerprint density at radius 3 is 2.51 bits per heavy atom. The lowest BCUT2D eigenvalue weighted by Crippen LogP contribution is -2.45. The van der Waals surface area contributed by atoms with Crippen LogP contribution >= 0.6 is 0 Å². The number of aliphatic hydroxyl groups excluding tert-OH is 1. The summed E-state index contributed by atoms with van der Waals surface area (Å²) in [7, 11) is 2.91. The fourth-order valence-corrected chi connectivity index (χ4v) is 4.86. The third-order valence-corrected chi connectivity index (χ3v) is 6.90. The number of hydrogen-bond donors (Lipinski definition) is 4. The summed E-state index contributed by atoms with van der Waals surface area (Å²) >= 11 is 0. The quantitative estimate of drug-likeness (QED) is 0.108. The van der Waals surface area contributed by atoms with Gasteiger partial charge >= 0.3 is 12.0 Å². The van der Waals surface area contributed by atoms with Gasteiger partial charge in [0.25, 0.3) is 0 Å². The molecule has 4 rings (SSSR count). The van der Waals surface area contributed by atoms with Crippen molar-refractivity contribution in [3.63, 3.8) is 0 Å². The number of aryl methyl sites for hydroxylation is 1. The van der Waals surface area contributed by atoms with Gasteiger partial charge in [-0.15, -0.1) is 0 Å². The number of nitrogens with one attached hydrogen (secondary N) is 3.